The molecule has 0 spiro atoms. The molecule has 148 valence electrons. The van der Waals surface area contributed by atoms with Gasteiger partial charge in [0.05, 0.1) is 25.3 Å². The Morgan fingerprint density at radius 2 is 1.96 bits per heavy atom. The van der Waals surface area contributed by atoms with Crippen molar-refractivity contribution in [2.45, 2.75) is 59.3 Å². The number of nitrogens with zero attached hydrogens (tertiary/aromatic N) is 2. The molecule has 5 nitrogen and oxygen atoms in total. The van der Waals surface area contributed by atoms with Crippen LogP contribution in [0.1, 0.15) is 59.3 Å². The molecule has 0 unspecified atom stereocenters. The van der Waals surface area contributed by atoms with E-state index in [9.17, 15) is 4.79 Å². The minimum Gasteiger partial charge on any atom is -0.494 e. The predicted molar refractivity (Wildman–Crippen MR) is 110 cm³/mol. The van der Waals surface area contributed by atoms with Crippen molar-refractivity contribution in [1.29, 1.82) is 0 Å². The summed E-state index contributed by atoms with van der Waals surface area (Å²) in [6.07, 6.45) is 9.35. The molecule has 0 amide bonds. The van der Waals surface area contributed by atoms with E-state index in [2.05, 4.69) is 25.8 Å². The van der Waals surface area contributed by atoms with Gasteiger partial charge in [0, 0.05) is 18.0 Å². The summed E-state index contributed by atoms with van der Waals surface area (Å²) in [5, 5.41) is 0. The third-order valence-electron chi connectivity index (χ3n) is 4.49. The van der Waals surface area contributed by atoms with Gasteiger partial charge in [-0.1, -0.05) is 46.1 Å². The zero-order chi connectivity index (χ0) is 19.5. The molecule has 0 aliphatic carbocycles. The average molecular weight is 373 g/mol. The number of benzene rings is 1. The molecule has 0 saturated carbocycles. The minimum absolute atomic E-state index is 0.0539. The van der Waals surface area contributed by atoms with Crippen molar-refractivity contribution >= 4 is 17.9 Å². The van der Waals surface area contributed by atoms with Crippen LogP contribution in [0.3, 0.4) is 0 Å². The van der Waals surface area contributed by atoms with E-state index in [4.69, 9.17) is 9.47 Å². The van der Waals surface area contributed by atoms with E-state index >= 15 is 0 Å². The molecule has 1 aliphatic heterocycles. The molecular weight excluding hydrogens is 340 g/mol. The van der Waals surface area contributed by atoms with E-state index in [0.717, 1.165) is 56.6 Å². The number of unbranched alkanes of at least 4 members (excludes halogenated alkanes) is 1. The maximum Gasteiger partial charge on any atom is 0.315 e. The van der Waals surface area contributed by atoms with Gasteiger partial charge in [-0.15, -0.1) is 0 Å². The molecule has 0 atom stereocenters. The van der Waals surface area contributed by atoms with Crippen LogP contribution in [0.25, 0.3) is 0 Å². The second-order valence-electron chi connectivity index (χ2n) is 6.83. The first-order chi connectivity index (χ1) is 13.2. The quantitative estimate of drug-likeness (QED) is 0.390. The van der Waals surface area contributed by atoms with E-state index in [1.54, 1.807) is 12.4 Å². The van der Waals surface area contributed by atoms with Crippen LogP contribution in [0, 0.1) is 5.92 Å². The van der Waals surface area contributed by atoms with Gasteiger partial charge in [-0.3, -0.25) is 4.79 Å². The summed E-state index contributed by atoms with van der Waals surface area (Å²) in [6, 6.07) is 7.95. The molecule has 1 aliphatic rings. The van der Waals surface area contributed by atoms with E-state index in [1.165, 1.54) is 0 Å². The zero-order valence-corrected chi connectivity index (χ0v) is 16.8. The maximum absolute atomic E-state index is 12.5. The zero-order valence-electron chi connectivity index (χ0n) is 16.8. The van der Waals surface area contributed by atoms with Gasteiger partial charge in [-0.05, 0) is 31.4 Å². The van der Waals surface area contributed by atoms with Gasteiger partial charge in [-0.2, -0.15) is 0 Å². The van der Waals surface area contributed by atoms with Crippen LogP contribution in [0.15, 0.2) is 41.3 Å². The Balaban J connectivity index is 2.03. The summed E-state index contributed by atoms with van der Waals surface area (Å²) >= 11 is 0. The number of carbonyl (C=O) groups is 1. The molecule has 0 N–H and O–H groups in total. The Morgan fingerprint density at radius 1 is 1.19 bits per heavy atom. The average Bonchev–Trinajstić information content (AvgIpc) is 2.68. The van der Waals surface area contributed by atoms with Gasteiger partial charge in [0.25, 0.3) is 0 Å². The monoisotopic (exact) mass is 372 g/mol. The van der Waals surface area contributed by atoms with Crippen LogP contribution in [-0.2, 0) is 9.53 Å². The normalized spacial score (nSPS) is 13.6. The predicted octanol–water partition coefficient (Wildman–Crippen LogP) is 5.31. The Hall–Kier alpha value is -2.30. The first-order valence-corrected chi connectivity index (χ1v) is 10.1. The lowest BCUT2D eigenvalue weighted by Crippen LogP contribution is -2.25. The van der Waals surface area contributed by atoms with Gasteiger partial charge in [-0.25, -0.2) is 4.99 Å². The van der Waals surface area contributed by atoms with Gasteiger partial charge in [0.2, 0.25) is 5.88 Å². The summed E-state index contributed by atoms with van der Waals surface area (Å²) in [4.78, 5) is 18.7. The largest absolute Gasteiger partial charge is 0.494 e. The molecule has 5 heteroatoms. The number of ether oxygens (including phenoxy) is 2. The Labute approximate surface area is 163 Å². The summed E-state index contributed by atoms with van der Waals surface area (Å²) in [7, 11) is 0. The second kappa shape index (κ2) is 11.4. The molecule has 0 bridgehead atoms. The second-order valence-corrected chi connectivity index (χ2v) is 6.83. The Kier molecular flexibility index (Phi) is 8.89. The van der Waals surface area contributed by atoms with Gasteiger partial charge in [0.15, 0.2) is 0 Å². The molecule has 0 radical (unpaired) electrons. The lowest BCUT2D eigenvalue weighted by molar-refractivity contribution is -0.144. The van der Waals surface area contributed by atoms with Crippen molar-refractivity contribution in [3.63, 3.8) is 0 Å². The van der Waals surface area contributed by atoms with Gasteiger partial charge < -0.3 is 14.4 Å². The highest BCUT2D eigenvalue weighted by Gasteiger charge is 2.21. The standard InChI is InChI=1S/C22H32N2O3/c1-4-7-15-26-20-12-8-11-19(16-20)24-14-13-23-21(17-24)27-22(25)18(9-5-2)10-6-3/h8,11-13,16-18H,4-7,9-10,14-15H2,1-3H3. The van der Waals surface area contributed by atoms with E-state index < -0.39 is 0 Å². The maximum atomic E-state index is 12.5. The number of aliphatic imine (C=N–C) groups is 1. The highest BCUT2D eigenvalue weighted by atomic mass is 16.5. The number of anilines is 1. The molecule has 1 heterocycles. The highest BCUT2D eigenvalue weighted by Crippen LogP contribution is 2.24. The summed E-state index contributed by atoms with van der Waals surface area (Å²) < 4.78 is 11.4. The van der Waals surface area contributed by atoms with Crippen LogP contribution < -0.4 is 9.64 Å². The van der Waals surface area contributed by atoms with Crippen LogP contribution in [0.5, 0.6) is 5.75 Å². The Morgan fingerprint density at radius 3 is 2.67 bits per heavy atom. The fraction of sp³-hybridized carbons (Fsp3) is 0.545. The first kappa shape index (κ1) is 21.0. The van der Waals surface area contributed by atoms with E-state index in [1.807, 2.05) is 29.2 Å². The third-order valence-corrected chi connectivity index (χ3v) is 4.49. The highest BCUT2D eigenvalue weighted by molar-refractivity contribution is 5.75. The lowest BCUT2D eigenvalue weighted by atomic mass is 9.99. The molecular formula is C22H32N2O3. The summed E-state index contributed by atoms with van der Waals surface area (Å²) in [5.74, 6) is 0.962. The first-order valence-electron chi connectivity index (χ1n) is 10.1. The molecule has 0 fully saturated rings. The van der Waals surface area contributed by atoms with Crippen LogP contribution >= 0.6 is 0 Å². The van der Waals surface area contributed by atoms with Crippen LogP contribution in [0.2, 0.25) is 0 Å². The van der Waals surface area contributed by atoms with Crippen LogP contribution in [-0.4, -0.2) is 25.3 Å². The van der Waals surface area contributed by atoms with Crippen LogP contribution in [0.4, 0.5) is 5.69 Å². The van der Waals surface area contributed by atoms with E-state index in [-0.39, 0.29) is 11.9 Å². The van der Waals surface area contributed by atoms with Gasteiger partial charge in [0.1, 0.15) is 5.75 Å². The number of hydrogen-bond donors (Lipinski definition) is 0. The van der Waals surface area contributed by atoms with E-state index in [0.29, 0.717) is 12.4 Å². The fourth-order valence-electron chi connectivity index (χ4n) is 3.02. The number of esters is 1. The van der Waals surface area contributed by atoms with Crippen molar-refractivity contribution in [3.8, 4) is 5.75 Å². The molecule has 1 aromatic rings. The van der Waals surface area contributed by atoms with Crippen molar-refractivity contribution in [2.24, 2.45) is 10.9 Å². The molecule has 0 saturated heterocycles. The number of rotatable bonds is 11. The number of hydrogen-bond acceptors (Lipinski definition) is 5. The molecule has 27 heavy (non-hydrogen) atoms. The van der Waals surface area contributed by atoms with Crippen molar-refractivity contribution in [2.75, 3.05) is 18.1 Å². The topological polar surface area (TPSA) is 51.1 Å². The minimum atomic E-state index is -0.180. The Bertz CT molecular complexity index is 649. The number of carbonyl (C=O) groups excluding carboxylic acids is 1. The molecule has 2 rings (SSSR count). The SMILES string of the molecule is CCCCOc1cccc(N2C=C(OC(=O)C(CCC)CCC)N=CC2)c1. The molecule has 1 aromatic carbocycles. The fourth-order valence-corrected chi connectivity index (χ4v) is 3.02. The van der Waals surface area contributed by atoms with Crippen molar-refractivity contribution in [1.82, 2.24) is 0 Å². The summed E-state index contributed by atoms with van der Waals surface area (Å²) in [5.41, 5.74) is 0.988. The molecule has 0 aromatic heterocycles. The third kappa shape index (κ3) is 6.74. The van der Waals surface area contributed by atoms with Crippen molar-refractivity contribution in [3.05, 3.63) is 36.3 Å². The lowest BCUT2D eigenvalue weighted by Gasteiger charge is -2.23. The van der Waals surface area contributed by atoms with Crippen molar-refractivity contribution < 1.29 is 14.3 Å². The summed E-state index contributed by atoms with van der Waals surface area (Å²) in [6.45, 7) is 7.67. The smallest absolute Gasteiger partial charge is 0.315 e. The van der Waals surface area contributed by atoms with Gasteiger partial charge >= 0.3 is 5.97 Å².